The van der Waals surface area contributed by atoms with Gasteiger partial charge in [-0.3, -0.25) is 4.79 Å². The van der Waals surface area contributed by atoms with Crippen LogP contribution in [0.15, 0.2) is 0 Å². The molecule has 1 N–H and O–H groups in total. The molecule has 2 rings (SSSR count). The molecule has 1 saturated carbocycles. The lowest BCUT2D eigenvalue weighted by atomic mass is 9.57. The van der Waals surface area contributed by atoms with Gasteiger partial charge in [0.15, 0.2) is 0 Å². The van der Waals surface area contributed by atoms with Crippen molar-refractivity contribution in [3.63, 3.8) is 0 Å². The predicted octanol–water partition coefficient (Wildman–Crippen LogP) is 1.36. The topological polar surface area (TPSA) is 55.8 Å². The lowest BCUT2D eigenvalue weighted by Gasteiger charge is -2.53. The Bertz CT molecular complexity index is 299. The van der Waals surface area contributed by atoms with Crippen LogP contribution in [-0.4, -0.2) is 37.0 Å². The van der Waals surface area contributed by atoms with Gasteiger partial charge in [0.05, 0.1) is 20.3 Å². The first-order chi connectivity index (χ1) is 7.93. The van der Waals surface area contributed by atoms with Crippen molar-refractivity contribution >= 4 is 5.97 Å². The van der Waals surface area contributed by atoms with Crippen LogP contribution < -0.4 is 0 Å². The summed E-state index contributed by atoms with van der Waals surface area (Å²) in [5, 5.41) is 10.6. The molecular formula is C13H22O4. The van der Waals surface area contributed by atoms with Gasteiger partial charge in [0.25, 0.3) is 0 Å². The minimum Gasteiger partial charge on any atom is -0.469 e. The number of hydrogen-bond donors (Lipinski definition) is 1. The molecule has 4 nitrogen and oxygen atoms in total. The summed E-state index contributed by atoms with van der Waals surface area (Å²) in [6.07, 6.45) is 2.50. The zero-order valence-corrected chi connectivity index (χ0v) is 10.9. The number of esters is 1. The average Bonchev–Trinajstić information content (AvgIpc) is 2.23. The zero-order valence-electron chi connectivity index (χ0n) is 10.9. The van der Waals surface area contributed by atoms with E-state index in [9.17, 15) is 9.90 Å². The quantitative estimate of drug-likeness (QED) is 0.743. The fourth-order valence-corrected chi connectivity index (χ4v) is 3.63. The SMILES string of the molecule is COC(=O)C1(C2(O)COC2)CC(C)CC(C)C1. The van der Waals surface area contributed by atoms with Crippen molar-refractivity contribution in [1.82, 2.24) is 0 Å². The van der Waals surface area contributed by atoms with Crippen LogP contribution in [0.3, 0.4) is 0 Å². The summed E-state index contributed by atoms with van der Waals surface area (Å²) in [6, 6.07) is 0. The van der Waals surface area contributed by atoms with Crippen molar-refractivity contribution in [2.24, 2.45) is 17.3 Å². The van der Waals surface area contributed by atoms with E-state index in [1.165, 1.54) is 7.11 Å². The van der Waals surface area contributed by atoms with E-state index in [0.717, 1.165) is 6.42 Å². The van der Waals surface area contributed by atoms with Crippen molar-refractivity contribution in [2.75, 3.05) is 20.3 Å². The number of methoxy groups -OCH3 is 1. The number of carbonyl (C=O) groups is 1. The van der Waals surface area contributed by atoms with Crippen LogP contribution in [0.4, 0.5) is 0 Å². The molecule has 1 aliphatic carbocycles. The molecule has 1 saturated heterocycles. The van der Waals surface area contributed by atoms with E-state index in [1.807, 2.05) is 0 Å². The minimum absolute atomic E-state index is 0.252. The van der Waals surface area contributed by atoms with Crippen LogP contribution in [0.2, 0.25) is 0 Å². The average molecular weight is 242 g/mol. The van der Waals surface area contributed by atoms with Gasteiger partial charge >= 0.3 is 5.97 Å². The third-order valence-corrected chi connectivity index (χ3v) is 4.35. The van der Waals surface area contributed by atoms with Gasteiger partial charge < -0.3 is 14.6 Å². The summed E-state index contributed by atoms with van der Waals surface area (Å²) in [7, 11) is 1.40. The molecule has 2 atom stereocenters. The largest absolute Gasteiger partial charge is 0.469 e. The van der Waals surface area contributed by atoms with Gasteiger partial charge in [-0.05, 0) is 31.1 Å². The maximum absolute atomic E-state index is 12.2. The Kier molecular flexibility index (Phi) is 3.21. The van der Waals surface area contributed by atoms with Gasteiger partial charge in [-0.25, -0.2) is 0 Å². The van der Waals surface area contributed by atoms with Crippen molar-refractivity contribution in [3.05, 3.63) is 0 Å². The van der Waals surface area contributed by atoms with E-state index >= 15 is 0 Å². The van der Waals surface area contributed by atoms with E-state index in [1.54, 1.807) is 0 Å². The number of rotatable bonds is 2. The van der Waals surface area contributed by atoms with Crippen LogP contribution >= 0.6 is 0 Å². The Hall–Kier alpha value is -0.610. The smallest absolute Gasteiger partial charge is 0.314 e. The maximum atomic E-state index is 12.2. The van der Waals surface area contributed by atoms with E-state index in [-0.39, 0.29) is 19.2 Å². The molecule has 2 unspecified atom stereocenters. The highest BCUT2D eigenvalue weighted by atomic mass is 16.6. The maximum Gasteiger partial charge on any atom is 0.314 e. The first-order valence-electron chi connectivity index (χ1n) is 6.32. The molecule has 0 bridgehead atoms. The lowest BCUT2D eigenvalue weighted by molar-refractivity contribution is -0.257. The Morgan fingerprint density at radius 2 is 1.82 bits per heavy atom. The minimum atomic E-state index is -1.02. The molecular weight excluding hydrogens is 220 g/mol. The number of carbonyl (C=O) groups excluding carboxylic acids is 1. The third kappa shape index (κ3) is 1.87. The highest BCUT2D eigenvalue weighted by molar-refractivity contribution is 5.79. The summed E-state index contributed by atoms with van der Waals surface area (Å²) in [4.78, 5) is 12.2. The molecule has 0 aromatic heterocycles. The van der Waals surface area contributed by atoms with Crippen molar-refractivity contribution in [2.45, 2.75) is 38.7 Å². The number of ether oxygens (including phenoxy) is 2. The third-order valence-electron chi connectivity index (χ3n) is 4.35. The standard InChI is InChI=1S/C13H22O4/c1-9-4-10(2)6-12(5-9,11(14)16-3)13(15)7-17-8-13/h9-10,15H,4-8H2,1-3H3. The van der Waals surface area contributed by atoms with Crippen molar-refractivity contribution in [3.8, 4) is 0 Å². The normalized spacial score (nSPS) is 40.5. The van der Waals surface area contributed by atoms with Gasteiger partial charge in [-0.15, -0.1) is 0 Å². The Balaban J connectivity index is 2.32. The second-order valence-corrected chi connectivity index (χ2v) is 5.95. The summed E-state index contributed by atoms with van der Waals surface area (Å²) < 4.78 is 10.1. The molecule has 0 aromatic rings. The number of aliphatic hydroxyl groups is 1. The van der Waals surface area contributed by atoms with Gasteiger partial charge in [0.2, 0.25) is 0 Å². The molecule has 0 amide bonds. The fourth-order valence-electron chi connectivity index (χ4n) is 3.63. The predicted molar refractivity (Wildman–Crippen MR) is 62.4 cm³/mol. The summed E-state index contributed by atoms with van der Waals surface area (Å²) >= 11 is 0. The first-order valence-corrected chi connectivity index (χ1v) is 6.32. The fraction of sp³-hybridized carbons (Fsp3) is 0.923. The Labute approximate surface area is 102 Å². The van der Waals surface area contributed by atoms with Crippen LogP contribution in [0.5, 0.6) is 0 Å². The van der Waals surface area contributed by atoms with E-state index in [0.29, 0.717) is 24.7 Å². The van der Waals surface area contributed by atoms with Crippen molar-refractivity contribution in [1.29, 1.82) is 0 Å². The summed E-state index contributed by atoms with van der Waals surface area (Å²) in [5.41, 5.74) is -1.79. The molecule has 98 valence electrons. The Morgan fingerprint density at radius 3 is 2.18 bits per heavy atom. The van der Waals surface area contributed by atoms with Gasteiger partial charge in [0.1, 0.15) is 11.0 Å². The van der Waals surface area contributed by atoms with Crippen LogP contribution in [0.1, 0.15) is 33.1 Å². The highest BCUT2D eigenvalue weighted by Gasteiger charge is 2.62. The van der Waals surface area contributed by atoms with E-state index < -0.39 is 11.0 Å². The molecule has 4 heteroatoms. The summed E-state index contributed by atoms with van der Waals surface area (Å²) in [6.45, 7) is 4.77. The highest BCUT2D eigenvalue weighted by Crippen LogP contribution is 2.52. The monoisotopic (exact) mass is 242 g/mol. The number of hydrogen-bond acceptors (Lipinski definition) is 4. The van der Waals surface area contributed by atoms with Gasteiger partial charge in [-0.1, -0.05) is 13.8 Å². The van der Waals surface area contributed by atoms with E-state index in [2.05, 4.69) is 13.8 Å². The molecule has 0 radical (unpaired) electrons. The van der Waals surface area contributed by atoms with Crippen LogP contribution in [0.25, 0.3) is 0 Å². The lowest BCUT2D eigenvalue weighted by Crippen LogP contribution is -2.66. The van der Waals surface area contributed by atoms with Crippen molar-refractivity contribution < 1.29 is 19.4 Å². The summed E-state index contributed by atoms with van der Waals surface area (Å²) in [5.74, 6) is 0.589. The molecule has 0 spiro atoms. The van der Waals surface area contributed by atoms with Gasteiger partial charge in [-0.2, -0.15) is 0 Å². The van der Waals surface area contributed by atoms with Crippen LogP contribution in [0, 0.1) is 17.3 Å². The second kappa shape index (κ2) is 4.25. The first kappa shape index (κ1) is 12.8. The molecule has 0 aromatic carbocycles. The molecule has 2 fully saturated rings. The van der Waals surface area contributed by atoms with E-state index in [4.69, 9.17) is 9.47 Å². The zero-order chi connectivity index (χ0) is 12.7. The molecule has 1 heterocycles. The molecule has 1 aliphatic heterocycles. The Morgan fingerprint density at radius 1 is 1.29 bits per heavy atom. The molecule has 2 aliphatic rings. The second-order valence-electron chi connectivity index (χ2n) is 5.95. The van der Waals surface area contributed by atoms with Crippen LogP contribution in [-0.2, 0) is 14.3 Å². The molecule has 17 heavy (non-hydrogen) atoms. The van der Waals surface area contributed by atoms with Gasteiger partial charge in [0, 0.05) is 0 Å².